The third-order valence-corrected chi connectivity index (χ3v) is 4.42. The zero-order valence-corrected chi connectivity index (χ0v) is 12.5. The standard InChI is InChI=1S/C12H12Cl2O4S/c1-2-18-11(16)6-8(15)7-19(17)12-9(13)4-3-5-10(12)14/h3-5H,2,6-7H2,1H3. The maximum absolute atomic E-state index is 12.0. The summed E-state index contributed by atoms with van der Waals surface area (Å²) in [5, 5.41) is 0.463. The van der Waals surface area contributed by atoms with E-state index in [1.165, 1.54) is 12.1 Å². The number of carbonyl (C=O) groups excluding carboxylic acids is 2. The molecule has 0 aliphatic carbocycles. The first-order chi connectivity index (χ1) is 8.95. The van der Waals surface area contributed by atoms with Crippen LogP contribution in [0.5, 0.6) is 0 Å². The van der Waals surface area contributed by atoms with Gasteiger partial charge in [-0.05, 0) is 19.1 Å². The van der Waals surface area contributed by atoms with Crippen LogP contribution in [0.1, 0.15) is 13.3 Å². The van der Waals surface area contributed by atoms with E-state index in [2.05, 4.69) is 4.74 Å². The Balaban J connectivity index is 2.70. The number of hydrogen-bond donors (Lipinski definition) is 0. The van der Waals surface area contributed by atoms with Gasteiger partial charge >= 0.3 is 5.97 Å². The van der Waals surface area contributed by atoms with Crippen molar-refractivity contribution in [1.29, 1.82) is 0 Å². The molecule has 0 bridgehead atoms. The van der Waals surface area contributed by atoms with Crippen molar-refractivity contribution in [3.63, 3.8) is 0 Å². The minimum atomic E-state index is -1.68. The fourth-order valence-electron chi connectivity index (χ4n) is 1.34. The van der Waals surface area contributed by atoms with Crippen LogP contribution in [0.4, 0.5) is 0 Å². The van der Waals surface area contributed by atoms with E-state index in [0.717, 1.165) is 0 Å². The molecule has 104 valence electrons. The van der Waals surface area contributed by atoms with E-state index in [-0.39, 0.29) is 27.3 Å². The van der Waals surface area contributed by atoms with E-state index in [1.54, 1.807) is 13.0 Å². The molecule has 1 aromatic rings. The molecule has 0 aliphatic rings. The Morgan fingerprint density at radius 3 is 2.37 bits per heavy atom. The van der Waals surface area contributed by atoms with Gasteiger partial charge < -0.3 is 4.74 Å². The molecule has 0 aromatic heterocycles. The van der Waals surface area contributed by atoms with Crippen LogP contribution in [0.3, 0.4) is 0 Å². The van der Waals surface area contributed by atoms with Crippen LogP contribution in [0.25, 0.3) is 0 Å². The second-order valence-electron chi connectivity index (χ2n) is 3.56. The smallest absolute Gasteiger partial charge is 0.313 e. The first-order valence-corrected chi connectivity index (χ1v) is 7.53. The van der Waals surface area contributed by atoms with Crippen LogP contribution in [0, 0.1) is 0 Å². The van der Waals surface area contributed by atoms with Crippen molar-refractivity contribution in [2.75, 3.05) is 12.4 Å². The monoisotopic (exact) mass is 322 g/mol. The quantitative estimate of drug-likeness (QED) is 0.596. The number of carbonyl (C=O) groups is 2. The average Bonchev–Trinajstić information content (AvgIpc) is 2.28. The van der Waals surface area contributed by atoms with E-state index >= 15 is 0 Å². The van der Waals surface area contributed by atoms with Gasteiger partial charge in [0.2, 0.25) is 0 Å². The Morgan fingerprint density at radius 2 is 1.84 bits per heavy atom. The van der Waals surface area contributed by atoms with Crippen molar-refractivity contribution in [3.8, 4) is 0 Å². The molecule has 0 saturated carbocycles. The summed E-state index contributed by atoms with van der Waals surface area (Å²) in [6.45, 7) is 1.84. The molecule has 1 rings (SSSR count). The minimum Gasteiger partial charge on any atom is -0.466 e. The molecule has 0 fully saturated rings. The van der Waals surface area contributed by atoms with E-state index in [0.29, 0.717) is 0 Å². The molecule has 0 radical (unpaired) electrons. The third kappa shape index (κ3) is 4.93. The average molecular weight is 323 g/mol. The molecular formula is C12H12Cl2O4S. The highest BCUT2D eigenvalue weighted by Gasteiger charge is 2.18. The first kappa shape index (κ1) is 16.1. The number of rotatable bonds is 6. The summed E-state index contributed by atoms with van der Waals surface area (Å²) >= 11 is 11.8. The van der Waals surface area contributed by atoms with Crippen LogP contribution in [0.15, 0.2) is 23.1 Å². The molecule has 7 heteroatoms. The van der Waals surface area contributed by atoms with E-state index in [1.807, 2.05) is 0 Å². The van der Waals surface area contributed by atoms with Crippen LogP contribution in [-0.2, 0) is 25.1 Å². The van der Waals surface area contributed by atoms with Gasteiger partial charge in [0.05, 0.1) is 38.1 Å². The molecule has 0 spiro atoms. The van der Waals surface area contributed by atoms with Crippen molar-refractivity contribution in [3.05, 3.63) is 28.2 Å². The van der Waals surface area contributed by atoms with Gasteiger partial charge in [-0.3, -0.25) is 13.8 Å². The number of hydrogen-bond acceptors (Lipinski definition) is 4. The highest BCUT2D eigenvalue weighted by atomic mass is 35.5. The van der Waals surface area contributed by atoms with E-state index in [4.69, 9.17) is 23.2 Å². The molecule has 0 heterocycles. The number of esters is 1. The molecule has 19 heavy (non-hydrogen) atoms. The van der Waals surface area contributed by atoms with E-state index in [9.17, 15) is 13.8 Å². The van der Waals surface area contributed by atoms with Crippen LogP contribution >= 0.6 is 23.2 Å². The maximum Gasteiger partial charge on any atom is 0.313 e. The zero-order chi connectivity index (χ0) is 14.4. The Morgan fingerprint density at radius 1 is 1.26 bits per heavy atom. The van der Waals surface area contributed by atoms with Crippen molar-refractivity contribution in [2.45, 2.75) is 18.2 Å². The lowest BCUT2D eigenvalue weighted by Crippen LogP contribution is -2.17. The van der Waals surface area contributed by atoms with Gasteiger partial charge in [-0.2, -0.15) is 0 Å². The zero-order valence-electron chi connectivity index (χ0n) is 10.2. The summed E-state index contributed by atoms with van der Waals surface area (Å²) in [5.41, 5.74) is 0. The molecule has 0 N–H and O–H groups in total. The summed E-state index contributed by atoms with van der Waals surface area (Å²) in [4.78, 5) is 22.9. The summed E-state index contributed by atoms with van der Waals surface area (Å²) in [6, 6.07) is 4.69. The molecule has 1 unspecified atom stereocenters. The van der Waals surface area contributed by atoms with Gasteiger partial charge in [0.25, 0.3) is 0 Å². The van der Waals surface area contributed by atoms with Gasteiger partial charge in [0.15, 0.2) is 5.78 Å². The summed E-state index contributed by atoms with van der Waals surface area (Å²) in [6.07, 6.45) is -0.401. The molecule has 0 saturated heterocycles. The Hall–Kier alpha value is -0.910. The van der Waals surface area contributed by atoms with Crippen molar-refractivity contribution in [1.82, 2.24) is 0 Å². The van der Waals surface area contributed by atoms with E-state index < -0.39 is 29.0 Å². The number of halogens is 2. The van der Waals surface area contributed by atoms with Gasteiger partial charge in [-0.1, -0.05) is 29.3 Å². The molecule has 0 aliphatic heterocycles. The van der Waals surface area contributed by atoms with Crippen molar-refractivity contribution < 1.29 is 18.5 Å². The predicted molar refractivity (Wildman–Crippen MR) is 74.0 cm³/mol. The topological polar surface area (TPSA) is 60.4 Å². The lowest BCUT2D eigenvalue weighted by atomic mass is 10.3. The summed E-state index contributed by atoms with van der Waals surface area (Å²) < 4.78 is 16.6. The Kier molecular flexibility index (Phi) is 6.48. The summed E-state index contributed by atoms with van der Waals surface area (Å²) in [5.74, 6) is -1.43. The number of benzene rings is 1. The number of ether oxygens (including phenoxy) is 1. The predicted octanol–water partition coefficient (Wildman–Crippen LogP) is 2.62. The molecule has 1 aromatic carbocycles. The molecule has 0 amide bonds. The maximum atomic E-state index is 12.0. The second kappa shape index (κ2) is 7.62. The fraction of sp³-hybridized carbons (Fsp3) is 0.333. The van der Waals surface area contributed by atoms with Crippen LogP contribution in [-0.4, -0.2) is 28.3 Å². The van der Waals surface area contributed by atoms with Crippen LogP contribution < -0.4 is 0 Å². The van der Waals surface area contributed by atoms with Gasteiger partial charge in [-0.15, -0.1) is 0 Å². The highest BCUT2D eigenvalue weighted by molar-refractivity contribution is 7.86. The Labute approximate surface area is 123 Å². The van der Waals surface area contributed by atoms with Crippen molar-refractivity contribution >= 4 is 45.8 Å². The summed E-state index contributed by atoms with van der Waals surface area (Å²) in [7, 11) is -1.68. The van der Waals surface area contributed by atoms with Crippen molar-refractivity contribution in [2.24, 2.45) is 0 Å². The molecular weight excluding hydrogens is 311 g/mol. The normalized spacial score (nSPS) is 11.9. The number of ketones is 1. The third-order valence-electron chi connectivity index (χ3n) is 2.09. The van der Waals surface area contributed by atoms with Gasteiger partial charge in [-0.25, -0.2) is 0 Å². The molecule has 4 nitrogen and oxygen atoms in total. The minimum absolute atomic E-state index is 0.200. The van der Waals surface area contributed by atoms with Crippen LogP contribution in [0.2, 0.25) is 10.0 Å². The van der Waals surface area contributed by atoms with Gasteiger partial charge in [0, 0.05) is 0 Å². The fourth-order valence-corrected chi connectivity index (χ4v) is 3.37. The highest BCUT2D eigenvalue weighted by Crippen LogP contribution is 2.27. The number of Topliss-reactive ketones (excluding diaryl/α,β-unsaturated/α-hetero) is 1. The first-order valence-electron chi connectivity index (χ1n) is 5.45. The second-order valence-corrected chi connectivity index (χ2v) is 5.76. The lowest BCUT2D eigenvalue weighted by molar-refractivity contribution is -0.145. The lowest BCUT2D eigenvalue weighted by Gasteiger charge is -2.06. The SMILES string of the molecule is CCOC(=O)CC(=O)CS(=O)c1c(Cl)cccc1Cl. The van der Waals surface area contributed by atoms with Gasteiger partial charge in [0.1, 0.15) is 6.42 Å². The Bertz CT molecular complexity index is 496. The molecule has 1 atom stereocenters. The largest absolute Gasteiger partial charge is 0.466 e.